The second-order valence-corrected chi connectivity index (χ2v) is 7.85. The molecule has 0 amide bonds. The summed E-state index contributed by atoms with van der Waals surface area (Å²) in [7, 11) is 0. The van der Waals surface area contributed by atoms with Crippen molar-refractivity contribution < 1.29 is 4.42 Å². The first kappa shape index (κ1) is 20.2. The van der Waals surface area contributed by atoms with Crippen molar-refractivity contribution in [1.82, 2.24) is 9.66 Å². The van der Waals surface area contributed by atoms with Crippen LogP contribution in [0, 0.1) is 0 Å². The lowest BCUT2D eigenvalue weighted by Crippen LogP contribution is -2.20. The van der Waals surface area contributed by atoms with Crippen LogP contribution in [0.15, 0.2) is 99.2 Å². The lowest BCUT2D eigenvalue weighted by atomic mass is 10.2. The van der Waals surface area contributed by atoms with E-state index in [1.807, 2.05) is 42.5 Å². The predicted octanol–water partition coefficient (Wildman–Crippen LogP) is 6.51. The fraction of sp³-hybridized carbons (Fsp3) is 0. The number of nitrogens with zero attached hydrogens (tertiary/aromatic N) is 3. The summed E-state index contributed by atoms with van der Waals surface area (Å²) in [5.41, 5.74) is 1.84. The summed E-state index contributed by atoms with van der Waals surface area (Å²) in [6.07, 6.45) is 1.48. The van der Waals surface area contributed by atoms with Gasteiger partial charge in [0.1, 0.15) is 11.5 Å². The number of halogens is 2. The van der Waals surface area contributed by atoms with Crippen LogP contribution in [0.2, 0.25) is 10.0 Å². The van der Waals surface area contributed by atoms with Crippen LogP contribution in [-0.2, 0) is 0 Å². The van der Waals surface area contributed by atoms with E-state index in [2.05, 4.69) is 10.1 Å². The summed E-state index contributed by atoms with van der Waals surface area (Å²) < 4.78 is 7.16. The van der Waals surface area contributed by atoms with Gasteiger partial charge in [-0.05, 0) is 42.5 Å². The highest BCUT2D eigenvalue weighted by Gasteiger charge is 2.13. The zero-order valence-electron chi connectivity index (χ0n) is 16.6. The maximum atomic E-state index is 13.2. The number of rotatable bonds is 4. The van der Waals surface area contributed by atoms with Gasteiger partial charge in [0, 0.05) is 16.1 Å². The molecule has 0 saturated carbocycles. The minimum absolute atomic E-state index is 0.266. The third-order valence-electron chi connectivity index (χ3n) is 4.91. The van der Waals surface area contributed by atoms with Crippen LogP contribution >= 0.6 is 23.2 Å². The lowest BCUT2D eigenvalue weighted by Gasteiger charge is -2.09. The number of hydrogen-bond donors (Lipinski definition) is 0. The normalized spacial score (nSPS) is 11.4. The Bertz CT molecular complexity index is 1520. The van der Waals surface area contributed by atoms with Crippen molar-refractivity contribution in [3.63, 3.8) is 0 Å². The maximum absolute atomic E-state index is 13.2. The zero-order valence-corrected chi connectivity index (χ0v) is 18.1. The van der Waals surface area contributed by atoms with Gasteiger partial charge in [0.2, 0.25) is 0 Å². The highest BCUT2D eigenvalue weighted by Crippen LogP contribution is 2.31. The Hall–Kier alpha value is -3.67. The van der Waals surface area contributed by atoms with Gasteiger partial charge < -0.3 is 4.42 Å². The van der Waals surface area contributed by atoms with Crippen LogP contribution in [0.4, 0.5) is 0 Å². The van der Waals surface area contributed by atoms with Crippen molar-refractivity contribution >= 4 is 40.3 Å². The number of furan rings is 1. The highest BCUT2D eigenvalue weighted by atomic mass is 35.5. The fourth-order valence-corrected chi connectivity index (χ4v) is 3.88. The van der Waals surface area contributed by atoms with Crippen molar-refractivity contribution in [3.05, 3.63) is 111 Å². The summed E-state index contributed by atoms with van der Waals surface area (Å²) in [4.78, 5) is 17.9. The van der Waals surface area contributed by atoms with Gasteiger partial charge in [-0.25, -0.2) is 4.98 Å². The Morgan fingerprint density at radius 1 is 0.906 bits per heavy atom. The molecule has 0 aliphatic heterocycles. The van der Waals surface area contributed by atoms with Gasteiger partial charge in [-0.1, -0.05) is 65.7 Å². The summed E-state index contributed by atoms with van der Waals surface area (Å²) in [5.74, 6) is 1.48. The molecule has 7 heteroatoms. The topological polar surface area (TPSA) is 60.4 Å². The Kier molecular flexibility index (Phi) is 5.35. The van der Waals surface area contributed by atoms with Crippen molar-refractivity contribution in [2.45, 2.75) is 0 Å². The van der Waals surface area contributed by atoms with E-state index in [0.29, 0.717) is 43.9 Å². The van der Waals surface area contributed by atoms with Gasteiger partial charge in [0.25, 0.3) is 5.56 Å². The quantitative estimate of drug-likeness (QED) is 0.287. The first-order chi connectivity index (χ1) is 15.6. The molecule has 3 aromatic carbocycles. The molecule has 32 heavy (non-hydrogen) atoms. The Morgan fingerprint density at radius 3 is 2.50 bits per heavy atom. The van der Waals surface area contributed by atoms with E-state index in [-0.39, 0.29) is 5.56 Å². The van der Waals surface area contributed by atoms with Crippen molar-refractivity contribution in [2.75, 3.05) is 0 Å². The van der Waals surface area contributed by atoms with Gasteiger partial charge >= 0.3 is 0 Å². The SMILES string of the molecule is O=c1c2ccccc2nc(-c2ccccc2)n1N=Cc1ccc(-c2ccc(Cl)cc2Cl)o1. The van der Waals surface area contributed by atoms with E-state index in [0.717, 1.165) is 5.56 Å². The van der Waals surface area contributed by atoms with Crippen molar-refractivity contribution in [1.29, 1.82) is 0 Å². The molecular weight excluding hydrogens is 445 g/mol. The third-order valence-corrected chi connectivity index (χ3v) is 5.46. The van der Waals surface area contributed by atoms with E-state index >= 15 is 0 Å². The number of para-hydroxylation sites is 1. The minimum Gasteiger partial charge on any atom is -0.455 e. The highest BCUT2D eigenvalue weighted by molar-refractivity contribution is 6.36. The minimum atomic E-state index is -0.266. The van der Waals surface area contributed by atoms with Crippen LogP contribution in [0.5, 0.6) is 0 Å². The standard InChI is InChI=1S/C25H15Cl2N3O2/c26-17-10-12-19(21(27)14-17)23-13-11-18(32-23)15-28-30-24(16-6-2-1-3-7-16)29-22-9-5-4-8-20(22)25(30)31/h1-15H. The monoisotopic (exact) mass is 459 g/mol. The Labute approximate surface area is 193 Å². The molecule has 0 unspecified atom stereocenters. The number of fused-ring (bicyclic) bond motifs is 1. The zero-order chi connectivity index (χ0) is 22.1. The molecule has 5 aromatic rings. The summed E-state index contributed by atoms with van der Waals surface area (Å²) in [6.45, 7) is 0. The second-order valence-electron chi connectivity index (χ2n) is 7.01. The average Bonchev–Trinajstić information content (AvgIpc) is 3.27. The van der Waals surface area contributed by atoms with E-state index in [9.17, 15) is 4.79 Å². The van der Waals surface area contributed by atoms with Crippen LogP contribution in [-0.4, -0.2) is 15.9 Å². The molecule has 0 atom stereocenters. The van der Waals surface area contributed by atoms with Crippen LogP contribution in [0.3, 0.4) is 0 Å². The summed E-state index contributed by atoms with van der Waals surface area (Å²) >= 11 is 12.3. The molecule has 0 aliphatic rings. The molecule has 0 aliphatic carbocycles. The first-order valence-electron chi connectivity index (χ1n) is 9.77. The van der Waals surface area contributed by atoms with Gasteiger partial charge in [0.15, 0.2) is 5.82 Å². The van der Waals surface area contributed by atoms with Gasteiger partial charge in [0.05, 0.1) is 22.1 Å². The van der Waals surface area contributed by atoms with E-state index < -0.39 is 0 Å². The van der Waals surface area contributed by atoms with E-state index in [4.69, 9.17) is 27.6 Å². The second kappa shape index (κ2) is 8.46. The maximum Gasteiger partial charge on any atom is 0.282 e. The van der Waals surface area contributed by atoms with Crippen LogP contribution < -0.4 is 5.56 Å². The molecule has 0 bridgehead atoms. The van der Waals surface area contributed by atoms with Gasteiger partial charge in [-0.2, -0.15) is 9.78 Å². The molecule has 0 fully saturated rings. The molecular formula is C25H15Cl2N3O2. The lowest BCUT2D eigenvalue weighted by molar-refractivity contribution is 0.574. The first-order valence-corrected chi connectivity index (χ1v) is 10.5. The van der Waals surface area contributed by atoms with Crippen LogP contribution in [0.25, 0.3) is 33.6 Å². The molecule has 0 spiro atoms. The van der Waals surface area contributed by atoms with Gasteiger partial charge in [-0.3, -0.25) is 4.79 Å². The van der Waals surface area contributed by atoms with Crippen molar-refractivity contribution in [3.8, 4) is 22.7 Å². The Morgan fingerprint density at radius 2 is 1.69 bits per heavy atom. The summed E-state index contributed by atoms with van der Waals surface area (Å²) in [5, 5.41) is 5.93. The largest absolute Gasteiger partial charge is 0.455 e. The van der Waals surface area contributed by atoms with E-state index in [1.54, 1.807) is 42.5 Å². The van der Waals surface area contributed by atoms with Crippen LogP contribution in [0.1, 0.15) is 5.76 Å². The molecule has 156 valence electrons. The molecule has 5 rings (SSSR count). The molecule has 5 nitrogen and oxygen atoms in total. The number of benzene rings is 3. The third kappa shape index (κ3) is 3.84. The summed E-state index contributed by atoms with van der Waals surface area (Å²) in [6, 6.07) is 25.4. The smallest absolute Gasteiger partial charge is 0.282 e. The Balaban J connectivity index is 1.59. The fourth-order valence-electron chi connectivity index (χ4n) is 3.38. The number of aromatic nitrogens is 2. The van der Waals surface area contributed by atoms with E-state index in [1.165, 1.54) is 10.9 Å². The number of hydrogen-bond acceptors (Lipinski definition) is 4. The van der Waals surface area contributed by atoms with Gasteiger partial charge in [-0.15, -0.1) is 0 Å². The molecule has 0 radical (unpaired) electrons. The molecule has 2 heterocycles. The molecule has 0 saturated heterocycles. The molecule has 0 N–H and O–H groups in total. The average molecular weight is 460 g/mol. The predicted molar refractivity (Wildman–Crippen MR) is 129 cm³/mol. The molecule has 2 aromatic heterocycles. The van der Waals surface area contributed by atoms with Crippen molar-refractivity contribution in [2.24, 2.45) is 5.10 Å².